The summed E-state index contributed by atoms with van der Waals surface area (Å²) in [5, 5.41) is 8.68. The van der Waals surface area contributed by atoms with E-state index >= 15 is 0 Å². The van der Waals surface area contributed by atoms with Gasteiger partial charge in [0, 0.05) is 10.5 Å². The number of hydrogen-bond acceptors (Lipinski definition) is 2. The quantitative estimate of drug-likeness (QED) is 0.805. The molecule has 0 fully saturated rings. The maximum atomic E-state index is 12.9. The topological polar surface area (TPSA) is 44.1 Å². The van der Waals surface area contributed by atoms with Crippen LogP contribution >= 0.6 is 15.9 Å². The lowest BCUT2D eigenvalue weighted by molar-refractivity contribution is 0.0730. The number of rotatable bonds is 3. The van der Waals surface area contributed by atoms with Crippen molar-refractivity contribution in [1.82, 2.24) is 4.90 Å². The number of nitrogens with zero attached hydrogens (tertiary/aromatic N) is 2. The molecule has 0 aliphatic heterocycles. The smallest absolute Gasteiger partial charge is 0.256 e. The van der Waals surface area contributed by atoms with Gasteiger partial charge in [0.1, 0.15) is 12.4 Å². The maximum absolute atomic E-state index is 12.9. The molecule has 17 heavy (non-hydrogen) atoms. The largest absolute Gasteiger partial charge is 0.323 e. The number of halogens is 2. The van der Waals surface area contributed by atoms with Gasteiger partial charge in [0.2, 0.25) is 0 Å². The Hall–Kier alpha value is -1.41. The molecule has 1 aromatic rings. The Morgan fingerprint density at radius 2 is 2.24 bits per heavy atom. The van der Waals surface area contributed by atoms with Gasteiger partial charge in [-0.1, -0.05) is 0 Å². The van der Waals surface area contributed by atoms with E-state index in [9.17, 15) is 9.18 Å². The first-order chi connectivity index (χ1) is 7.97. The number of carbonyl (C=O) groups is 1. The molecule has 0 bridgehead atoms. The Bertz CT molecular complexity index is 468. The van der Waals surface area contributed by atoms with Crippen molar-refractivity contribution in [3.63, 3.8) is 0 Å². The lowest BCUT2D eigenvalue weighted by Gasteiger charge is -2.24. The first-order valence-corrected chi connectivity index (χ1v) is 5.89. The zero-order chi connectivity index (χ0) is 13.0. The first kappa shape index (κ1) is 13.7. The highest BCUT2D eigenvalue weighted by Gasteiger charge is 2.20. The van der Waals surface area contributed by atoms with Crippen LogP contribution in [0, 0.1) is 17.1 Å². The van der Waals surface area contributed by atoms with Crippen molar-refractivity contribution < 1.29 is 9.18 Å². The minimum Gasteiger partial charge on any atom is -0.323 e. The molecule has 5 heteroatoms. The number of carbonyl (C=O) groups excluding carboxylic acids is 1. The second kappa shape index (κ2) is 5.78. The number of hydrogen-bond donors (Lipinski definition) is 0. The van der Waals surface area contributed by atoms with E-state index in [0.717, 1.165) is 0 Å². The molecule has 0 aliphatic rings. The third kappa shape index (κ3) is 3.27. The Labute approximate surface area is 108 Å². The number of amides is 1. The lowest BCUT2D eigenvalue weighted by atomic mass is 10.1. The van der Waals surface area contributed by atoms with Gasteiger partial charge < -0.3 is 4.90 Å². The Kier molecular flexibility index (Phi) is 4.64. The molecule has 0 spiro atoms. The van der Waals surface area contributed by atoms with Gasteiger partial charge in [-0.3, -0.25) is 4.79 Å². The van der Waals surface area contributed by atoms with Crippen LogP contribution in [0.3, 0.4) is 0 Å². The summed E-state index contributed by atoms with van der Waals surface area (Å²) in [7, 11) is 0. The molecule has 0 heterocycles. The summed E-state index contributed by atoms with van der Waals surface area (Å²) in [6.07, 6.45) is 0. The third-order valence-electron chi connectivity index (χ3n) is 2.29. The summed E-state index contributed by atoms with van der Waals surface area (Å²) in [4.78, 5) is 13.6. The normalized spacial score (nSPS) is 10.1. The van der Waals surface area contributed by atoms with E-state index in [1.165, 1.54) is 23.1 Å². The van der Waals surface area contributed by atoms with E-state index in [-0.39, 0.29) is 18.5 Å². The van der Waals surface area contributed by atoms with Crippen LogP contribution in [0.1, 0.15) is 24.2 Å². The molecule has 0 unspecified atom stereocenters. The summed E-state index contributed by atoms with van der Waals surface area (Å²) in [6.45, 7) is 3.67. The maximum Gasteiger partial charge on any atom is 0.256 e. The van der Waals surface area contributed by atoms with Crippen LogP contribution in [0.2, 0.25) is 0 Å². The number of nitriles is 1. The fourth-order valence-electron chi connectivity index (χ4n) is 1.38. The van der Waals surface area contributed by atoms with Crippen molar-refractivity contribution in [2.45, 2.75) is 19.9 Å². The van der Waals surface area contributed by atoms with Gasteiger partial charge in [-0.25, -0.2) is 4.39 Å². The van der Waals surface area contributed by atoms with Crippen LogP contribution in [-0.2, 0) is 0 Å². The summed E-state index contributed by atoms with van der Waals surface area (Å²) < 4.78 is 13.3. The van der Waals surface area contributed by atoms with Gasteiger partial charge in [0.15, 0.2) is 0 Å². The Balaban J connectivity index is 3.06. The van der Waals surface area contributed by atoms with Crippen LogP contribution in [0.25, 0.3) is 0 Å². The highest BCUT2D eigenvalue weighted by molar-refractivity contribution is 9.10. The predicted molar refractivity (Wildman–Crippen MR) is 65.9 cm³/mol. The van der Waals surface area contributed by atoms with Crippen LogP contribution in [-0.4, -0.2) is 23.4 Å². The fourth-order valence-corrected chi connectivity index (χ4v) is 1.90. The average molecular weight is 299 g/mol. The van der Waals surface area contributed by atoms with Crippen molar-refractivity contribution in [3.8, 4) is 6.07 Å². The molecule has 1 amide bonds. The van der Waals surface area contributed by atoms with Crippen LogP contribution in [0.4, 0.5) is 4.39 Å². The average Bonchev–Trinajstić information content (AvgIpc) is 2.24. The van der Waals surface area contributed by atoms with E-state index < -0.39 is 5.82 Å². The Morgan fingerprint density at radius 1 is 1.59 bits per heavy atom. The van der Waals surface area contributed by atoms with E-state index in [0.29, 0.717) is 10.0 Å². The first-order valence-electron chi connectivity index (χ1n) is 5.10. The lowest BCUT2D eigenvalue weighted by Crippen LogP contribution is -2.37. The van der Waals surface area contributed by atoms with Gasteiger partial charge in [0.05, 0.1) is 11.6 Å². The minimum atomic E-state index is -0.412. The van der Waals surface area contributed by atoms with Crippen molar-refractivity contribution in [1.29, 1.82) is 5.26 Å². The van der Waals surface area contributed by atoms with Gasteiger partial charge in [-0.05, 0) is 48.0 Å². The fraction of sp³-hybridized carbons (Fsp3) is 0.333. The van der Waals surface area contributed by atoms with Crippen molar-refractivity contribution in [2.24, 2.45) is 0 Å². The highest BCUT2D eigenvalue weighted by atomic mass is 79.9. The van der Waals surface area contributed by atoms with Crippen molar-refractivity contribution in [3.05, 3.63) is 34.1 Å². The molecule has 1 aromatic carbocycles. The van der Waals surface area contributed by atoms with Gasteiger partial charge >= 0.3 is 0 Å². The molecule has 0 aromatic heterocycles. The molecule has 3 nitrogen and oxygen atoms in total. The Morgan fingerprint density at radius 3 is 2.71 bits per heavy atom. The monoisotopic (exact) mass is 298 g/mol. The van der Waals surface area contributed by atoms with Crippen molar-refractivity contribution in [2.75, 3.05) is 6.54 Å². The molecule has 0 atom stereocenters. The molecule has 1 rings (SSSR count). The standard InChI is InChI=1S/C12H12BrFN2O/c1-8(2)16(6-5-15)12(17)10-4-3-9(14)7-11(10)13/h3-4,7-8H,6H2,1-2H3. The van der Waals surface area contributed by atoms with Gasteiger partial charge in [0.25, 0.3) is 5.91 Å². The summed E-state index contributed by atoms with van der Waals surface area (Å²) in [6, 6.07) is 5.73. The zero-order valence-corrected chi connectivity index (χ0v) is 11.2. The third-order valence-corrected chi connectivity index (χ3v) is 2.94. The summed E-state index contributed by atoms with van der Waals surface area (Å²) in [5.41, 5.74) is 0.357. The molecular weight excluding hydrogens is 287 g/mol. The second-order valence-electron chi connectivity index (χ2n) is 3.81. The van der Waals surface area contributed by atoms with E-state index in [1.807, 2.05) is 19.9 Å². The van der Waals surface area contributed by atoms with E-state index in [1.54, 1.807) is 0 Å². The molecule has 0 N–H and O–H groups in total. The molecule has 90 valence electrons. The highest BCUT2D eigenvalue weighted by Crippen LogP contribution is 2.20. The molecule has 0 saturated heterocycles. The zero-order valence-electron chi connectivity index (χ0n) is 9.58. The van der Waals surface area contributed by atoms with E-state index in [2.05, 4.69) is 15.9 Å². The molecule has 0 aliphatic carbocycles. The van der Waals surface area contributed by atoms with Crippen LogP contribution in [0.5, 0.6) is 0 Å². The predicted octanol–water partition coefficient (Wildman–Crippen LogP) is 2.96. The van der Waals surface area contributed by atoms with Gasteiger partial charge in [-0.2, -0.15) is 5.26 Å². The SMILES string of the molecule is CC(C)N(CC#N)C(=O)c1ccc(F)cc1Br. The molecule has 0 saturated carbocycles. The second-order valence-corrected chi connectivity index (χ2v) is 4.66. The summed E-state index contributed by atoms with van der Waals surface area (Å²) in [5.74, 6) is -0.696. The molecule has 0 radical (unpaired) electrons. The number of benzene rings is 1. The minimum absolute atomic E-state index is 0.0142. The van der Waals surface area contributed by atoms with Gasteiger partial charge in [-0.15, -0.1) is 0 Å². The van der Waals surface area contributed by atoms with Crippen LogP contribution in [0.15, 0.2) is 22.7 Å². The van der Waals surface area contributed by atoms with Crippen molar-refractivity contribution >= 4 is 21.8 Å². The van der Waals surface area contributed by atoms with Crippen LogP contribution < -0.4 is 0 Å². The molecular formula is C12H12BrFN2O. The summed E-state index contributed by atoms with van der Waals surface area (Å²) >= 11 is 3.15. The van der Waals surface area contributed by atoms with E-state index in [4.69, 9.17) is 5.26 Å².